The number of rotatable bonds is 7. The molecule has 0 radical (unpaired) electrons. The normalized spacial score (nSPS) is 11.5. The molecule has 1 aromatic heterocycles. The fourth-order valence-corrected chi connectivity index (χ4v) is 3.12. The van der Waals surface area contributed by atoms with Crippen LogP contribution in [0.3, 0.4) is 0 Å². The van der Waals surface area contributed by atoms with Crippen LogP contribution in [0.25, 0.3) is 0 Å². The van der Waals surface area contributed by atoms with Gasteiger partial charge in [-0.05, 0) is 19.1 Å². The standard InChI is InChI=1S/C13H19N5O2S/c1-3-14-11-6-4-5-7-12(11)21(19,20)16-9-8-13-15-10-18(2)17-13/h4-7,10,14,16H,3,8-9H2,1-2H3. The number of benzene rings is 1. The van der Waals surface area contributed by atoms with E-state index in [0.717, 1.165) is 0 Å². The molecule has 0 fully saturated rings. The zero-order chi connectivity index (χ0) is 15.3. The van der Waals surface area contributed by atoms with Gasteiger partial charge in [-0.15, -0.1) is 0 Å². The minimum atomic E-state index is -3.55. The lowest BCUT2D eigenvalue weighted by atomic mass is 10.3. The van der Waals surface area contributed by atoms with Crippen LogP contribution in [0, 0.1) is 0 Å². The molecule has 1 heterocycles. The van der Waals surface area contributed by atoms with Gasteiger partial charge in [0.2, 0.25) is 10.0 Å². The quantitative estimate of drug-likeness (QED) is 0.788. The number of para-hydroxylation sites is 1. The second-order valence-corrected chi connectivity index (χ2v) is 6.24. The summed E-state index contributed by atoms with van der Waals surface area (Å²) in [5, 5.41) is 7.15. The molecule has 0 unspecified atom stereocenters. The number of sulfonamides is 1. The Kier molecular flexibility index (Phi) is 4.92. The summed E-state index contributed by atoms with van der Waals surface area (Å²) in [4.78, 5) is 4.31. The second kappa shape index (κ2) is 6.68. The van der Waals surface area contributed by atoms with Gasteiger partial charge in [-0.2, -0.15) is 5.10 Å². The highest BCUT2D eigenvalue weighted by Gasteiger charge is 2.17. The van der Waals surface area contributed by atoms with E-state index in [1.165, 1.54) is 0 Å². The molecular weight excluding hydrogens is 290 g/mol. The molecule has 1 aromatic carbocycles. The van der Waals surface area contributed by atoms with Crippen molar-refractivity contribution in [1.82, 2.24) is 19.5 Å². The summed E-state index contributed by atoms with van der Waals surface area (Å²) in [5.74, 6) is 0.611. The lowest BCUT2D eigenvalue weighted by molar-refractivity contribution is 0.581. The Morgan fingerprint density at radius 2 is 2.05 bits per heavy atom. The maximum absolute atomic E-state index is 12.3. The van der Waals surface area contributed by atoms with Crippen molar-refractivity contribution < 1.29 is 8.42 Å². The molecule has 2 aromatic rings. The van der Waals surface area contributed by atoms with Gasteiger partial charge in [-0.25, -0.2) is 18.1 Å². The monoisotopic (exact) mass is 309 g/mol. The van der Waals surface area contributed by atoms with Gasteiger partial charge < -0.3 is 5.32 Å². The average Bonchev–Trinajstić information content (AvgIpc) is 2.85. The average molecular weight is 309 g/mol. The van der Waals surface area contributed by atoms with Gasteiger partial charge in [0.05, 0.1) is 5.69 Å². The van der Waals surface area contributed by atoms with E-state index < -0.39 is 10.0 Å². The zero-order valence-corrected chi connectivity index (χ0v) is 12.9. The van der Waals surface area contributed by atoms with Crippen LogP contribution in [0.5, 0.6) is 0 Å². The number of nitrogens with one attached hydrogen (secondary N) is 2. The van der Waals surface area contributed by atoms with Crippen LogP contribution < -0.4 is 10.0 Å². The van der Waals surface area contributed by atoms with Crippen molar-refractivity contribution in [3.05, 3.63) is 36.4 Å². The molecule has 0 amide bonds. The fourth-order valence-electron chi connectivity index (χ4n) is 1.91. The first-order chi connectivity index (χ1) is 10.0. The number of hydrogen-bond acceptors (Lipinski definition) is 5. The molecule has 0 saturated carbocycles. The zero-order valence-electron chi connectivity index (χ0n) is 12.1. The Bertz CT molecular complexity index is 696. The summed E-state index contributed by atoms with van der Waals surface area (Å²) in [5.41, 5.74) is 0.600. The SMILES string of the molecule is CCNc1ccccc1S(=O)(=O)NCCc1ncn(C)n1. The number of aromatic nitrogens is 3. The second-order valence-electron chi connectivity index (χ2n) is 4.51. The summed E-state index contributed by atoms with van der Waals surface area (Å²) in [6, 6.07) is 6.84. The molecule has 21 heavy (non-hydrogen) atoms. The Hall–Kier alpha value is -1.93. The van der Waals surface area contributed by atoms with Crippen LogP contribution >= 0.6 is 0 Å². The predicted octanol–water partition coefficient (Wildman–Crippen LogP) is 0.768. The summed E-state index contributed by atoms with van der Waals surface area (Å²) in [6.45, 7) is 2.83. The highest BCUT2D eigenvalue weighted by molar-refractivity contribution is 7.89. The van der Waals surface area contributed by atoms with Crippen LogP contribution in [0.2, 0.25) is 0 Å². The highest BCUT2D eigenvalue weighted by atomic mass is 32.2. The molecule has 114 valence electrons. The summed E-state index contributed by atoms with van der Waals surface area (Å²) >= 11 is 0. The third kappa shape index (κ3) is 4.02. The van der Waals surface area contributed by atoms with E-state index in [-0.39, 0.29) is 11.4 Å². The van der Waals surface area contributed by atoms with Crippen molar-refractivity contribution in [2.75, 3.05) is 18.4 Å². The Balaban J connectivity index is 2.04. The van der Waals surface area contributed by atoms with Gasteiger partial charge in [0, 0.05) is 26.6 Å². The molecule has 2 N–H and O–H groups in total. The maximum atomic E-state index is 12.3. The van der Waals surface area contributed by atoms with Gasteiger partial charge in [0.15, 0.2) is 5.82 Å². The van der Waals surface area contributed by atoms with E-state index in [1.807, 2.05) is 6.92 Å². The first-order valence-electron chi connectivity index (χ1n) is 6.70. The van der Waals surface area contributed by atoms with E-state index in [9.17, 15) is 8.42 Å². The Morgan fingerprint density at radius 3 is 2.71 bits per heavy atom. The van der Waals surface area contributed by atoms with Gasteiger partial charge in [0.25, 0.3) is 0 Å². The molecule has 0 aliphatic heterocycles. The van der Waals surface area contributed by atoms with Crippen molar-refractivity contribution in [3.8, 4) is 0 Å². The number of hydrogen-bond donors (Lipinski definition) is 2. The highest BCUT2D eigenvalue weighted by Crippen LogP contribution is 2.20. The Labute approximate surface area is 124 Å². The summed E-state index contributed by atoms with van der Waals surface area (Å²) in [7, 11) is -1.78. The maximum Gasteiger partial charge on any atom is 0.242 e. The van der Waals surface area contributed by atoms with Crippen molar-refractivity contribution in [3.63, 3.8) is 0 Å². The number of aryl methyl sites for hydroxylation is 1. The van der Waals surface area contributed by atoms with E-state index >= 15 is 0 Å². The number of nitrogens with zero attached hydrogens (tertiary/aromatic N) is 3. The van der Waals surface area contributed by atoms with Crippen molar-refractivity contribution in [2.45, 2.75) is 18.2 Å². The smallest absolute Gasteiger partial charge is 0.242 e. The molecule has 0 aliphatic rings. The first kappa shape index (κ1) is 15.5. The van der Waals surface area contributed by atoms with Crippen LogP contribution in [0.15, 0.2) is 35.5 Å². The molecule has 0 aliphatic carbocycles. The molecule has 2 rings (SSSR count). The molecule has 0 bridgehead atoms. The lowest BCUT2D eigenvalue weighted by Crippen LogP contribution is -2.27. The third-order valence-electron chi connectivity index (χ3n) is 2.83. The fraction of sp³-hybridized carbons (Fsp3) is 0.385. The van der Waals surface area contributed by atoms with E-state index in [4.69, 9.17) is 0 Å². The Morgan fingerprint density at radius 1 is 1.29 bits per heavy atom. The minimum absolute atomic E-state index is 0.251. The number of anilines is 1. The summed E-state index contributed by atoms with van der Waals surface area (Å²) < 4.78 is 28.8. The van der Waals surface area contributed by atoms with Crippen molar-refractivity contribution in [1.29, 1.82) is 0 Å². The van der Waals surface area contributed by atoms with Crippen molar-refractivity contribution in [2.24, 2.45) is 7.05 Å². The molecule has 0 spiro atoms. The van der Waals surface area contributed by atoms with Crippen molar-refractivity contribution >= 4 is 15.7 Å². The predicted molar refractivity (Wildman–Crippen MR) is 80.5 cm³/mol. The molecule has 7 nitrogen and oxygen atoms in total. The molecule has 0 saturated heterocycles. The van der Waals surface area contributed by atoms with E-state index in [1.54, 1.807) is 42.3 Å². The third-order valence-corrected chi connectivity index (χ3v) is 4.35. The van der Waals surface area contributed by atoms with Crippen LogP contribution in [-0.2, 0) is 23.5 Å². The topological polar surface area (TPSA) is 88.9 Å². The molecular formula is C13H19N5O2S. The first-order valence-corrected chi connectivity index (χ1v) is 8.18. The van der Waals surface area contributed by atoms with Gasteiger partial charge in [-0.3, -0.25) is 4.68 Å². The van der Waals surface area contributed by atoms with Gasteiger partial charge in [-0.1, -0.05) is 12.1 Å². The lowest BCUT2D eigenvalue weighted by Gasteiger charge is -2.11. The van der Waals surface area contributed by atoms with Gasteiger partial charge in [0.1, 0.15) is 11.2 Å². The molecule has 8 heteroatoms. The van der Waals surface area contributed by atoms with Crippen LogP contribution in [0.4, 0.5) is 5.69 Å². The minimum Gasteiger partial charge on any atom is -0.384 e. The largest absolute Gasteiger partial charge is 0.384 e. The van der Waals surface area contributed by atoms with E-state index in [2.05, 4.69) is 20.1 Å². The summed E-state index contributed by atoms with van der Waals surface area (Å²) in [6.07, 6.45) is 2.04. The molecule has 0 atom stereocenters. The van der Waals surface area contributed by atoms with Gasteiger partial charge >= 0.3 is 0 Å². The van der Waals surface area contributed by atoms with Crippen LogP contribution in [0.1, 0.15) is 12.7 Å². The van der Waals surface area contributed by atoms with E-state index in [0.29, 0.717) is 24.5 Å². The van der Waals surface area contributed by atoms with Crippen LogP contribution in [-0.4, -0.2) is 36.3 Å².